The van der Waals surface area contributed by atoms with E-state index in [-0.39, 0.29) is 6.10 Å². The van der Waals surface area contributed by atoms with Gasteiger partial charge < -0.3 is 15.0 Å². The molecule has 1 aliphatic rings. The van der Waals surface area contributed by atoms with Crippen LogP contribution in [0.15, 0.2) is 24.4 Å². The minimum absolute atomic E-state index is 0.215. The second-order valence-corrected chi connectivity index (χ2v) is 6.05. The molecule has 112 valence electrons. The molecule has 0 amide bonds. The summed E-state index contributed by atoms with van der Waals surface area (Å²) in [6, 6.07) is 5.90. The molecule has 0 bridgehead atoms. The Morgan fingerprint density at radius 2 is 2.33 bits per heavy atom. The Morgan fingerprint density at radius 1 is 1.48 bits per heavy atom. The predicted octanol–water partition coefficient (Wildman–Crippen LogP) is 2.94. The Bertz CT molecular complexity index is 647. The van der Waals surface area contributed by atoms with E-state index >= 15 is 0 Å². The maximum Gasteiger partial charge on any atom is 0.0874 e. The van der Waals surface area contributed by atoms with Crippen molar-refractivity contribution in [3.8, 4) is 0 Å². The van der Waals surface area contributed by atoms with E-state index in [2.05, 4.69) is 22.2 Å². The average Bonchev–Trinajstić information content (AvgIpc) is 2.45. The van der Waals surface area contributed by atoms with Gasteiger partial charge in [0.05, 0.1) is 18.2 Å². The van der Waals surface area contributed by atoms with Crippen molar-refractivity contribution in [2.24, 2.45) is 0 Å². The zero-order chi connectivity index (χ0) is 14.8. The Morgan fingerprint density at radius 3 is 3.14 bits per heavy atom. The molecular formula is C16H20ClN3O. The highest BCUT2D eigenvalue weighted by Gasteiger charge is 2.17. The third-order valence-electron chi connectivity index (χ3n) is 3.86. The van der Waals surface area contributed by atoms with E-state index in [1.807, 2.05) is 31.3 Å². The van der Waals surface area contributed by atoms with E-state index in [9.17, 15) is 0 Å². The summed E-state index contributed by atoms with van der Waals surface area (Å²) in [6.07, 6.45) is 2.05. The molecule has 3 rings (SSSR count). The fraction of sp³-hybridized carbons (Fsp3) is 0.438. The first-order valence-electron chi connectivity index (χ1n) is 7.22. The lowest BCUT2D eigenvalue weighted by Gasteiger charge is -2.30. The molecule has 1 aromatic carbocycles. The van der Waals surface area contributed by atoms with Crippen molar-refractivity contribution >= 4 is 28.2 Å². The number of likely N-dealkylation sites (N-methyl/N-ethyl adjacent to an activating group) is 1. The van der Waals surface area contributed by atoms with Crippen LogP contribution >= 0.6 is 11.6 Å². The van der Waals surface area contributed by atoms with E-state index in [1.54, 1.807) is 0 Å². The van der Waals surface area contributed by atoms with Crippen LogP contribution in [0.2, 0.25) is 5.02 Å². The first kappa shape index (κ1) is 14.6. The summed E-state index contributed by atoms with van der Waals surface area (Å²) >= 11 is 6.18. The number of benzene rings is 1. The third kappa shape index (κ3) is 3.28. The van der Waals surface area contributed by atoms with Crippen molar-refractivity contribution in [1.29, 1.82) is 0 Å². The van der Waals surface area contributed by atoms with Gasteiger partial charge in [-0.1, -0.05) is 11.6 Å². The molecule has 1 aliphatic heterocycles. The van der Waals surface area contributed by atoms with Crippen LogP contribution in [-0.4, -0.2) is 49.3 Å². The van der Waals surface area contributed by atoms with Gasteiger partial charge in [-0.3, -0.25) is 4.98 Å². The van der Waals surface area contributed by atoms with Gasteiger partial charge in [-0.25, -0.2) is 0 Å². The lowest BCUT2D eigenvalue weighted by atomic mass is 10.1. The molecule has 0 spiro atoms. The summed E-state index contributed by atoms with van der Waals surface area (Å²) in [7, 11) is 2.13. The van der Waals surface area contributed by atoms with Gasteiger partial charge in [0.2, 0.25) is 0 Å². The van der Waals surface area contributed by atoms with Crippen molar-refractivity contribution in [1.82, 2.24) is 9.88 Å². The van der Waals surface area contributed by atoms with Crippen molar-refractivity contribution in [3.05, 3.63) is 35.0 Å². The first-order chi connectivity index (χ1) is 10.1. The number of anilines is 1. The summed E-state index contributed by atoms with van der Waals surface area (Å²) in [5.74, 6) is 0. The predicted molar refractivity (Wildman–Crippen MR) is 87.2 cm³/mol. The topological polar surface area (TPSA) is 37.4 Å². The molecule has 1 aromatic heterocycles. The smallest absolute Gasteiger partial charge is 0.0874 e. The molecule has 2 aromatic rings. The zero-order valence-electron chi connectivity index (χ0n) is 12.4. The van der Waals surface area contributed by atoms with Crippen molar-refractivity contribution < 1.29 is 4.74 Å². The molecule has 4 nitrogen and oxygen atoms in total. The lowest BCUT2D eigenvalue weighted by molar-refractivity contribution is -0.0117. The molecular weight excluding hydrogens is 286 g/mol. The molecule has 0 unspecified atom stereocenters. The normalized spacial score (nSPS) is 19.9. The van der Waals surface area contributed by atoms with Crippen molar-refractivity contribution in [2.45, 2.75) is 13.0 Å². The average molecular weight is 306 g/mol. The monoisotopic (exact) mass is 305 g/mol. The first-order valence-corrected chi connectivity index (χ1v) is 7.60. The number of rotatable bonds is 3. The van der Waals surface area contributed by atoms with E-state index in [1.165, 1.54) is 0 Å². The number of halogens is 1. The molecule has 0 aliphatic carbocycles. The van der Waals surface area contributed by atoms with Gasteiger partial charge in [0.1, 0.15) is 0 Å². The molecule has 1 N–H and O–H groups in total. The Hall–Kier alpha value is -1.36. The molecule has 1 atom stereocenters. The second-order valence-electron chi connectivity index (χ2n) is 5.61. The maximum atomic E-state index is 6.18. The van der Waals surface area contributed by atoms with Gasteiger partial charge >= 0.3 is 0 Å². The molecule has 0 saturated carbocycles. The Labute approximate surface area is 130 Å². The summed E-state index contributed by atoms with van der Waals surface area (Å²) in [6.45, 7) is 5.57. The van der Waals surface area contributed by atoms with Crippen LogP contribution in [0.25, 0.3) is 10.9 Å². The van der Waals surface area contributed by atoms with E-state index in [0.29, 0.717) is 0 Å². The quantitative estimate of drug-likeness (QED) is 0.946. The highest BCUT2D eigenvalue weighted by Crippen LogP contribution is 2.27. The molecule has 21 heavy (non-hydrogen) atoms. The number of fused-ring (bicyclic) bond motifs is 1. The van der Waals surface area contributed by atoms with Gasteiger partial charge in [-0.05, 0) is 37.7 Å². The van der Waals surface area contributed by atoms with E-state index in [0.717, 1.165) is 53.4 Å². The van der Waals surface area contributed by atoms with Crippen LogP contribution in [0.3, 0.4) is 0 Å². The molecule has 2 heterocycles. The van der Waals surface area contributed by atoms with Crippen molar-refractivity contribution in [3.63, 3.8) is 0 Å². The third-order valence-corrected chi connectivity index (χ3v) is 4.08. The van der Waals surface area contributed by atoms with Gasteiger partial charge in [0.15, 0.2) is 0 Å². The molecule has 1 saturated heterocycles. The number of aryl methyl sites for hydroxylation is 1. The summed E-state index contributed by atoms with van der Waals surface area (Å²) in [5.41, 5.74) is 3.14. The van der Waals surface area contributed by atoms with Gasteiger partial charge in [-0.2, -0.15) is 0 Å². The minimum Gasteiger partial charge on any atom is -0.382 e. The number of nitrogens with zero attached hydrogens (tertiary/aromatic N) is 2. The number of pyridine rings is 1. The number of morpholine rings is 1. The Balaban J connectivity index is 1.80. The largest absolute Gasteiger partial charge is 0.382 e. The van der Waals surface area contributed by atoms with Gasteiger partial charge in [-0.15, -0.1) is 0 Å². The fourth-order valence-electron chi connectivity index (χ4n) is 2.76. The van der Waals surface area contributed by atoms with E-state index < -0.39 is 0 Å². The number of aromatic nitrogens is 1. The SMILES string of the molecule is Cc1cc(Cl)cc2c(NC[C@@H]3CN(C)CCO3)ccnc12. The summed E-state index contributed by atoms with van der Waals surface area (Å²) < 4.78 is 5.78. The fourth-order valence-corrected chi connectivity index (χ4v) is 3.03. The number of hydrogen-bond acceptors (Lipinski definition) is 4. The lowest BCUT2D eigenvalue weighted by Crippen LogP contribution is -2.43. The van der Waals surface area contributed by atoms with Crippen LogP contribution < -0.4 is 5.32 Å². The molecule has 5 heteroatoms. The highest BCUT2D eigenvalue weighted by atomic mass is 35.5. The molecule has 0 radical (unpaired) electrons. The van der Waals surface area contributed by atoms with Crippen LogP contribution in [0.1, 0.15) is 5.56 Å². The maximum absolute atomic E-state index is 6.18. The van der Waals surface area contributed by atoms with Crippen LogP contribution in [0.4, 0.5) is 5.69 Å². The van der Waals surface area contributed by atoms with E-state index in [4.69, 9.17) is 16.3 Å². The summed E-state index contributed by atoms with van der Waals surface area (Å²) in [4.78, 5) is 6.74. The van der Waals surface area contributed by atoms with Crippen LogP contribution in [0, 0.1) is 6.92 Å². The number of ether oxygens (including phenoxy) is 1. The van der Waals surface area contributed by atoms with Gasteiger partial charge in [0, 0.05) is 41.9 Å². The van der Waals surface area contributed by atoms with Crippen molar-refractivity contribution in [2.75, 3.05) is 38.6 Å². The van der Waals surface area contributed by atoms with Gasteiger partial charge in [0.25, 0.3) is 0 Å². The molecule has 1 fully saturated rings. The Kier molecular flexibility index (Phi) is 4.29. The standard InChI is InChI=1S/C16H20ClN3O/c1-11-7-12(17)8-14-15(3-4-18-16(11)14)19-9-13-10-20(2)5-6-21-13/h3-4,7-8,13H,5-6,9-10H2,1-2H3,(H,18,19)/t13-/m1/s1. The van der Waals surface area contributed by atoms with Crippen LogP contribution in [-0.2, 0) is 4.74 Å². The highest BCUT2D eigenvalue weighted by molar-refractivity contribution is 6.31. The number of nitrogens with one attached hydrogen (secondary N) is 1. The zero-order valence-corrected chi connectivity index (χ0v) is 13.2. The summed E-state index contributed by atoms with van der Waals surface area (Å²) in [5, 5.41) is 5.28. The second kappa shape index (κ2) is 6.18. The minimum atomic E-state index is 0.215. The van der Waals surface area contributed by atoms with Crippen LogP contribution in [0.5, 0.6) is 0 Å². The number of hydrogen-bond donors (Lipinski definition) is 1.